The number of carbonyl (C=O) groups is 1. The van der Waals surface area contributed by atoms with Gasteiger partial charge in [0.2, 0.25) is 0 Å². The fraction of sp³-hybridized carbons (Fsp3) is 0.333. The Morgan fingerprint density at radius 1 is 1.12 bits per heavy atom. The van der Waals surface area contributed by atoms with E-state index in [0.717, 1.165) is 5.56 Å². The lowest BCUT2D eigenvalue weighted by Crippen LogP contribution is -2.30. The van der Waals surface area contributed by atoms with E-state index < -0.39 is 5.41 Å². The third-order valence-corrected chi connectivity index (χ3v) is 3.20. The minimum absolute atomic E-state index is 0.289. The van der Waals surface area contributed by atoms with Crippen LogP contribution in [0.25, 0.3) is 0 Å². The Hall–Kier alpha value is -1.88. The third-order valence-electron chi connectivity index (χ3n) is 3.20. The largest absolute Gasteiger partial charge is 0.300 e. The number of carbonyl (C=O) groups excluding carboxylic acids is 1. The summed E-state index contributed by atoms with van der Waals surface area (Å²) in [6.45, 7) is 6.00. The summed E-state index contributed by atoms with van der Waals surface area (Å²) in [5.74, 6) is 0.289. The maximum Gasteiger partial charge on any atom is 0.133 e. The van der Waals surface area contributed by atoms with E-state index in [1.807, 2.05) is 30.3 Å². The van der Waals surface area contributed by atoms with Gasteiger partial charge >= 0.3 is 0 Å². The van der Waals surface area contributed by atoms with E-state index in [9.17, 15) is 10.1 Å². The van der Waals surface area contributed by atoms with E-state index in [4.69, 9.17) is 0 Å². The molecule has 0 unspecified atom stereocenters. The second-order valence-electron chi connectivity index (χ2n) is 4.10. The molecule has 0 saturated heterocycles. The Morgan fingerprint density at radius 2 is 1.65 bits per heavy atom. The van der Waals surface area contributed by atoms with E-state index in [1.165, 1.54) is 0 Å². The Labute approximate surface area is 103 Å². The summed E-state index contributed by atoms with van der Waals surface area (Å²) in [6.07, 6.45) is 2.43. The van der Waals surface area contributed by atoms with Crippen LogP contribution in [0.4, 0.5) is 0 Å². The van der Waals surface area contributed by atoms with Crippen LogP contribution >= 0.6 is 0 Å². The average molecular weight is 227 g/mol. The van der Waals surface area contributed by atoms with Gasteiger partial charge in [-0.3, -0.25) is 4.79 Å². The Balaban J connectivity index is 0.000000686. The summed E-state index contributed by atoms with van der Waals surface area (Å²) >= 11 is 0. The molecule has 88 valence electrons. The van der Waals surface area contributed by atoms with Crippen LogP contribution in [0.1, 0.15) is 31.2 Å². The molecule has 1 fully saturated rings. The molecule has 17 heavy (non-hydrogen) atoms. The van der Waals surface area contributed by atoms with Crippen LogP contribution in [0.5, 0.6) is 0 Å². The maximum absolute atomic E-state index is 11.2. The lowest BCUT2D eigenvalue weighted by atomic mass is 9.70. The molecule has 1 aliphatic rings. The third kappa shape index (κ3) is 2.82. The number of benzene rings is 1. The van der Waals surface area contributed by atoms with Crippen LogP contribution in [0.2, 0.25) is 0 Å². The molecule has 1 aliphatic carbocycles. The van der Waals surface area contributed by atoms with Gasteiger partial charge in [0.15, 0.2) is 0 Å². The van der Waals surface area contributed by atoms with Crippen molar-refractivity contribution in [2.75, 3.05) is 0 Å². The van der Waals surface area contributed by atoms with E-state index >= 15 is 0 Å². The SMILES string of the molecule is C=C.N#CC1(c2ccccc2)CCC(=O)CC1. The zero-order valence-corrected chi connectivity index (χ0v) is 9.98. The standard InChI is InChI=1S/C13H13NO.C2H4/c14-10-13(8-6-12(15)7-9-13)11-4-2-1-3-5-11;1-2/h1-5H,6-9H2;1-2H2. The average Bonchev–Trinajstić information content (AvgIpc) is 2.43. The molecule has 1 aromatic carbocycles. The number of nitrogens with zero attached hydrogens (tertiary/aromatic N) is 1. The zero-order chi connectivity index (χ0) is 12.7. The van der Waals surface area contributed by atoms with Gasteiger partial charge in [0.05, 0.1) is 11.5 Å². The maximum atomic E-state index is 11.2. The molecule has 1 saturated carbocycles. The number of nitriles is 1. The minimum Gasteiger partial charge on any atom is -0.300 e. The number of hydrogen-bond donors (Lipinski definition) is 0. The van der Waals surface area contributed by atoms with Gasteiger partial charge in [-0.05, 0) is 18.4 Å². The molecular formula is C15H17NO. The lowest BCUT2D eigenvalue weighted by molar-refractivity contribution is -0.120. The van der Waals surface area contributed by atoms with Gasteiger partial charge in [-0.15, -0.1) is 13.2 Å². The predicted molar refractivity (Wildman–Crippen MR) is 68.5 cm³/mol. The van der Waals surface area contributed by atoms with Gasteiger partial charge in [0.25, 0.3) is 0 Å². The van der Waals surface area contributed by atoms with Crippen LogP contribution in [0.3, 0.4) is 0 Å². The molecular weight excluding hydrogens is 210 g/mol. The molecule has 2 nitrogen and oxygen atoms in total. The molecule has 1 aromatic rings. The van der Waals surface area contributed by atoms with E-state index in [-0.39, 0.29) is 5.78 Å². The molecule has 0 N–H and O–H groups in total. The summed E-state index contributed by atoms with van der Waals surface area (Å²) in [6, 6.07) is 12.2. The monoisotopic (exact) mass is 227 g/mol. The molecule has 2 rings (SSSR count). The molecule has 2 heteroatoms. The zero-order valence-electron chi connectivity index (χ0n) is 9.98. The van der Waals surface area contributed by atoms with Gasteiger partial charge in [-0.1, -0.05) is 30.3 Å². The van der Waals surface area contributed by atoms with Gasteiger partial charge in [-0.25, -0.2) is 0 Å². The van der Waals surface area contributed by atoms with Crippen molar-refractivity contribution in [3.63, 3.8) is 0 Å². The van der Waals surface area contributed by atoms with Gasteiger partial charge in [0.1, 0.15) is 5.78 Å². The first-order chi connectivity index (χ1) is 8.27. The van der Waals surface area contributed by atoms with Crippen molar-refractivity contribution in [2.45, 2.75) is 31.1 Å². The first kappa shape index (κ1) is 13.2. The number of hydrogen-bond acceptors (Lipinski definition) is 2. The first-order valence-corrected chi connectivity index (χ1v) is 5.75. The van der Waals surface area contributed by atoms with Gasteiger partial charge < -0.3 is 0 Å². The quantitative estimate of drug-likeness (QED) is 0.690. The molecule has 0 radical (unpaired) electrons. The van der Waals surface area contributed by atoms with Crippen LogP contribution < -0.4 is 0 Å². The normalized spacial score (nSPS) is 17.5. The van der Waals surface area contributed by atoms with Crippen LogP contribution in [0, 0.1) is 11.3 Å². The number of ketones is 1. The highest BCUT2D eigenvalue weighted by Crippen LogP contribution is 2.37. The molecule has 0 amide bonds. The fourth-order valence-corrected chi connectivity index (χ4v) is 2.18. The van der Waals surface area contributed by atoms with E-state index in [1.54, 1.807) is 0 Å². The Morgan fingerprint density at radius 3 is 2.12 bits per heavy atom. The Kier molecular flexibility index (Phi) is 4.66. The van der Waals surface area contributed by atoms with Crippen molar-refractivity contribution in [2.24, 2.45) is 0 Å². The Bertz CT molecular complexity index is 406. The van der Waals surface area contributed by atoms with Crippen molar-refractivity contribution < 1.29 is 4.79 Å². The number of Topliss-reactive ketones (excluding diaryl/α,β-unsaturated/α-hetero) is 1. The van der Waals surface area contributed by atoms with Gasteiger partial charge in [-0.2, -0.15) is 5.26 Å². The van der Waals surface area contributed by atoms with Crippen molar-refractivity contribution in [3.8, 4) is 6.07 Å². The summed E-state index contributed by atoms with van der Waals surface area (Å²) in [4.78, 5) is 11.2. The summed E-state index contributed by atoms with van der Waals surface area (Å²) in [5, 5.41) is 9.32. The van der Waals surface area contributed by atoms with Crippen LogP contribution in [0.15, 0.2) is 43.5 Å². The van der Waals surface area contributed by atoms with Crippen molar-refractivity contribution >= 4 is 5.78 Å². The minimum atomic E-state index is -0.421. The highest BCUT2D eigenvalue weighted by Gasteiger charge is 2.36. The smallest absolute Gasteiger partial charge is 0.133 e. The highest BCUT2D eigenvalue weighted by molar-refractivity contribution is 5.80. The summed E-state index contributed by atoms with van der Waals surface area (Å²) < 4.78 is 0. The topological polar surface area (TPSA) is 40.9 Å². The molecule has 0 heterocycles. The van der Waals surface area contributed by atoms with E-state index in [0.29, 0.717) is 25.7 Å². The predicted octanol–water partition coefficient (Wildman–Crippen LogP) is 3.39. The molecule has 0 aromatic heterocycles. The molecule has 0 aliphatic heterocycles. The molecule has 0 spiro atoms. The van der Waals surface area contributed by atoms with Crippen LogP contribution in [-0.4, -0.2) is 5.78 Å². The molecule has 0 bridgehead atoms. The molecule has 0 atom stereocenters. The second-order valence-corrected chi connectivity index (χ2v) is 4.10. The van der Waals surface area contributed by atoms with Crippen LogP contribution in [-0.2, 0) is 10.2 Å². The fourth-order valence-electron chi connectivity index (χ4n) is 2.18. The van der Waals surface area contributed by atoms with E-state index in [2.05, 4.69) is 19.2 Å². The second kappa shape index (κ2) is 6.00. The highest BCUT2D eigenvalue weighted by atomic mass is 16.1. The lowest BCUT2D eigenvalue weighted by Gasteiger charge is -2.30. The number of rotatable bonds is 1. The van der Waals surface area contributed by atoms with Crippen molar-refractivity contribution in [1.29, 1.82) is 5.26 Å². The van der Waals surface area contributed by atoms with Crippen molar-refractivity contribution in [3.05, 3.63) is 49.1 Å². The van der Waals surface area contributed by atoms with Crippen molar-refractivity contribution in [1.82, 2.24) is 0 Å². The first-order valence-electron chi connectivity index (χ1n) is 5.75. The summed E-state index contributed by atoms with van der Waals surface area (Å²) in [5.41, 5.74) is 0.634. The summed E-state index contributed by atoms with van der Waals surface area (Å²) in [7, 11) is 0. The van der Waals surface area contributed by atoms with Gasteiger partial charge in [0, 0.05) is 12.8 Å².